The van der Waals surface area contributed by atoms with Gasteiger partial charge in [-0.25, -0.2) is 0 Å². The molecule has 1 unspecified atom stereocenters. The predicted octanol–water partition coefficient (Wildman–Crippen LogP) is 4.27. The van der Waals surface area contributed by atoms with Gasteiger partial charge in [0.25, 0.3) is 0 Å². The summed E-state index contributed by atoms with van der Waals surface area (Å²) in [6, 6.07) is 8.52. The lowest BCUT2D eigenvalue weighted by Crippen LogP contribution is -2.50. The molecule has 5 rings (SSSR count). The molecule has 0 fully saturated rings. The summed E-state index contributed by atoms with van der Waals surface area (Å²) in [6.07, 6.45) is 7.82. The second kappa shape index (κ2) is 6.51. The fourth-order valence-electron chi connectivity index (χ4n) is 5.22. The summed E-state index contributed by atoms with van der Waals surface area (Å²) in [4.78, 5) is 13.3. The summed E-state index contributed by atoms with van der Waals surface area (Å²) in [5, 5.41) is 16.5. The van der Waals surface area contributed by atoms with Crippen molar-refractivity contribution < 1.29 is 4.79 Å². The molecule has 0 saturated carbocycles. The molecule has 0 amide bonds. The maximum Gasteiger partial charge on any atom is 0.164 e. The van der Waals surface area contributed by atoms with Gasteiger partial charge < -0.3 is 5.32 Å². The van der Waals surface area contributed by atoms with Gasteiger partial charge in [-0.15, -0.1) is 0 Å². The Morgan fingerprint density at radius 2 is 2.14 bits per heavy atom. The van der Waals surface area contributed by atoms with Crippen molar-refractivity contribution in [1.29, 1.82) is 0 Å². The van der Waals surface area contributed by atoms with Gasteiger partial charge in [0.2, 0.25) is 0 Å². The van der Waals surface area contributed by atoms with E-state index in [4.69, 9.17) is 0 Å². The van der Waals surface area contributed by atoms with E-state index >= 15 is 0 Å². The van der Waals surface area contributed by atoms with Crippen LogP contribution in [0, 0.1) is 5.92 Å². The van der Waals surface area contributed by atoms with Crippen LogP contribution in [0.3, 0.4) is 0 Å². The number of allylic oxidation sites excluding steroid dienone is 2. The Balaban J connectivity index is 1.73. The normalized spacial score (nSPS) is 28.1. The first-order valence-corrected chi connectivity index (χ1v) is 10.3. The van der Waals surface area contributed by atoms with Crippen molar-refractivity contribution in [3.8, 4) is 11.1 Å². The van der Waals surface area contributed by atoms with Crippen LogP contribution in [-0.4, -0.2) is 21.7 Å². The first-order chi connectivity index (χ1) is 14.0. The fraction of sp³-hybridized carbons (Fsp3) is 0.391. The standard InChI is InChI=1S/C23H25N5O/c1-4-23(17-7-5-6-15(10-17)16-11-25-28(3)13-16)18-12-24-27-22(18)26-19-8-14(2)9-20(29)21(19)23/h5-7,10-14,22,26H,4,8-9H2,1-3H3/t14-,22?,23+/m0/s1. The quantitative estimate of drug-likeness (QED) is 0.855. The average molecular weight is 387 g/mol. The van der Waals surface area contributed by atoms with Crippen molar-refractivity contribution in [1.82, 2.24) is 15.1 Å². The minimum Gasteiger partial charge on any atom is -0.362 e. The van der Waals surface area contributed by atoms with Crippen molar-refractivity contribution in [3.63, 3.8) is 0 Å². The van der Waals surface area contributed by atoms with E-state index in [1.165, 1.54) is 0 Å². The molecule has 148 valence electrons. The van der Waals surface area contributed by atoms with Gasteiger partial charge >= 0.3 is 0 Å². The number of nitrogens with one attached hydrogen (secondary N) is 1. The van der Waals surface area contributed by atoms with Gasteiger partial charge in [-0.05, 0) is 36.0 Å². The first-order valence-electron chi connectivity index (χ1n) is 10.3. The van der Waals surface area contributed by atoms with Crippen LogP contribution in [0.2, 0.25) is 0 Å². The number of ketones is 1. The molecule has 6 heteroatoms. The zero-order chi connectivity index (χ0) is 20.2. The van der Waals surface area contributed by atoms with Crippen molar-refractivity contribution in [2.45, 2.75) is 44.7 Å². The van der Waals surface area contributed by atoms with Crippen LogP contribution < -0.4 is 5.32 Å². The summed E-state index contributed by atoms with van der Waals surface area (Å²) < 4.78 is 1.81. The number of azo groups is 1. The van der Waals surface area contributed by atoms with E-state index in [1.807, 2.05) is 30.3 Å². The minimum absolute atomic E-state index is 0.186. The van der Waals surface area contributed by atoms with Crippen molar-refractivity contribution in [2.75, 3.05) is 0 Å². The Hall–Kier alpha value is -3.02. The molecule has 0 bridgehead atoms. The highest BCUT2D eigenvalue weighted by Gasteiger charge is 2.51. The summed E-state index contributed by atoms with van der Waals surface area (Å²) in [5.74, 6) is 0.583. The number of nitrogens with zero attached hydrogens (tertiary/aromatic N) is 4. The lowest BCUT2D eigenvalue weighted by Gasteiger charge is -2.46. The zero-order valence-corrected chi connectivity index (χ0v) is 17.0. The van der Waals surface area contributed by atoms with E-state index < -0.39 is 5.41 Å². The van der Waals surface area contributed by atoms with Gasteiger partial charge in [-0.1, -0.05) is 32.0 Å². The van der Waals surface area contributed by atoms with E-state index in [0.717, 1.165) is 46.4 Å². The molecule has 1 aromatic heterocycles. The van der Waals surface area contributed by atoms with Gasteiger partial charge in [-0.3, -0.25) is 9.48 Å². The van der Waals surface area contributed by atoms with Gasteiger partial charge in [0.1, 0.15) is 0 Å². The molecule has 2 aromatic rings. The molecule has 0 radical (unpaired) electrons. The third-order valence-corrected chi connectivity index (χ3v) is 6.50. The molecular formula is C23H25N5O. The topological polar surface area (TPSA) is 71.6 Å². The lowest BCUT2D eigenvalue weighted by molar-refractivity contribution is -0.117. The smallest absolute Gasteiger partial charge is 0.164 e. The lowest BCUT2D eigenvalue weighted by atomic mass is 9.60. The molecule has 3 aliphatic rings. The Labute approximate surface area is 170 Å². The zero-order valence-electron chi connectivity index (χ0n) is 17.0. The number of aryl methyl sites for hydroxylation is 1. The molecule has 3 heterocycles. The van der Waals surface area contributed by atoms with Crippen LogP contribution in [0.4, 0.5) is 0 Å². The second-order valence-corrected chi connectivity index (χ2v) is 8.39. The fourth-order valence-corrected chi connectivity index (χ4v) is 5.22. The number of rotatable bonds is 3. The van der Waals surface area contributed by atoms with Crippen LogP contribution in [0.1, 0.15) is 38.7 Å². The average Bonchev–Trinajstić information content (AvgIpc) is 3.35. The maximum atomic E-state index is 13.3. The summed E-state index contributed by atoms with van der Waals surface area (Å²) in [5.41, 5.74) is 5.83. The summed E-state index contributed by atoms with van der Waals surface area (Å²) in [7, 11) is 1.92. The highest BCUT2D eigenvalue weighted by molar-refractivity contribution is 6.01. The number of Topliss-reactive ketones (excluding diaryl/α,β-unsaturated/α-hetero) is 1. The van der Waals surface area contributed by atoms with Gasteiger partial charge in [0.15, 0.2) is 11.9 Å². The number of hydrogen-bond donors (Lipinski definition) is 1. The van der Waals surface area contributed by atoms with Crippen LogP contribution in [0.15, 0.2) is 69.9 Å². The molecule has 1 aliphatic carbocycles. The molecule has 1 N–H and O–H groups in total. The Morgan fingerprint density at radius 3 is 2.90 bits per heavy atom. The van der Waals surface area contributed by atoms with E-state index in [2.05, 4.69) is 58.8 Å². The van der Waals surface area contributed by atoms with Crippen LogP contribution in [0.5, 0.6) is 0 Å². The summed E-state index contributed by atoms with van der Waals surface area (Å²) >= 11 is 0. The van der Waals surface area contributed by atoms with Crippen molar-refractivity contribution >= 4 is 5.78 Å². The van der Waals surface area contributed by atoms with E-state index in [9.17, 15) is 4.79 Å². The summed E-state index contributed by atoms with van der Waals surface area (Å²) in [6.45, 7) is 4.30. The second-order valence-electron chi connectivity index (χ2n) is 8.39. The Kier molecular flexibility index (Phi) is 4.05. The molecule has 6 nitrogen and oxygen atoms in total. The van der Waals surface area contributed by atoms with Crippen LogP contribution in [-0.2, 0) is 17.3 Å². The molecular weight excluding hydrogens is 362 g/mol. The van der Waals surface area contributed by atoms with E-state index in [-0.39, 0.29) is 11.9 Å². The third kappa shape index (κ3) is 2.62. The highest BCUT2D eigenvalue weighted by Crippen LogP contribution is 2.52. The molecule has 29 heavy (non-hydrogen) atoms. The monoisotopic (exact) mass is 387 g/mol. The first kappa shape index (κ1) is 18.0. The SMILES string of the molecule is CC[C@@]1(c2cccc(-c3cnn(C)c3)c2)C2=CN=NC2NC2=C1C(=O)C[C@@H](C)C2. The molecule has 0 saturated heterocycles. The van der Waals surface area contributed by atoms with Gasteiger partial charge in [-0.2, -0.15) is 15.3 Å². The Bertz CT molecular complexity index is 1090. The predicted molar refractivity (Wildman–Crippen MR) is 111 cm³/mol. The number of fused-ring (bicyclic) bond motifs is 1. The number of carbonyl (C=O) groups excluding carboxylic acids is 1. The highest BCUT2D eigenvalue weighted by atomic mass is 16.1. The third-order valence-electron chi connectivity index (χ3n) is 6.50. The van der Waals surface area contributed by atoms with Crippen molar-refractivity contribution in [2.24, 2.45) is 23.2 Å². The van der Waals surface area contributed by atoms with E-state index in [1.54, 1.807) is 0 Å². The van der Waals surface area contributed by atoms with Crippen molar-refractivity contribution in [3.05, 3.63) is 65.3 Å². The molecule has 2 aliphatic heterocycles. The largest absolute Gasteiger partial charge is 0.362 e. The number of aromatic nitrogens is 2. The van der Waals surface area contributed by atoms with Gasteiger partial charge in [0.05, 0.1) is 17.8 Å². The Morgan fingerprint density at radius 1 is 1.28 bits per heavy atom. The molecule has 1 aromatic carbocycles. The molecule has 3 atom stereocenters. The van der Waals surface area contributed by atoms with E-state index in [0.29, 0.717) is 12.3 Å². The molecule has 0 spiro atoms. The number of hydrogen-bond acceptors (Lipinski definition) is 5. The minimum atomic E-state index is -0.496. The van der Waals surface area contributed by atoms with Crippen LogP contribution in [0.25, 0.3) is 11.1 Å². The number of carbonyl (C=O) groups is 1. The number of benzene rings is 1. The maximum absolute atomic E-state index is 13.3. The van der Waals surface area contributed by atoms with Crippen LogP contribution >= 0.6 is 0 Å². The van der Waals surface area contributed by atoms with Gasteiger partial charge in [0, 0.05) is 42.1 Å².